The summed E-state index contributed by atoms with van der Waals surface area (Å²) in [5.74, 6) is 0. The van der Waals surface area contributed by atoms with Crippen LogP contribution in [0.3, 0.4) is 0 Å². The molecule has 0 amide bonds. The van der Waals surface area contributed by atoms with E-state index in [1.54, 1.807) is 0 Å². The van der Waals surface area contributed by atoms with E-state index in [4.69, 9.17) is 0 Å². The largest absolute Gasteiger partial charge is 2.00 e. The van der Waals surface area contributed by atoms with Crippen molar-refractivity contribution in [2.24, 2.45) is 0 Å². The van der Waals surface area contributed by atoms with Crippen molar-refractivity contribution < 1.29 is 19.5 Å². The number of aromatic nitrogens is 1. The van der Waals surface area contributed by atoms with Crippen LogP contribution < -0.4 is 0 Å². The monoisotopic (exact) mass is 233 g/mol. The van der Waals surface area contributed by atoms with Gasteiger partial charge >= 0.3 is 19.5 Å². The molecule has 1 aromatic heterocycles. The molecule has 0 atom stereocenters. The van der Waals surface area contributed by atoms with E-state index in [1.807, 2.05) is 30.5 Å². The Morgan fingerprint density at radius 1 is 1.36 bits per heavy atom. The molecular formula is C9H9NRu. The van der Waals surface area contributed by atoms with Crippen LogP contribution in [-0.4, -0.2) is 4.98 Å². The fourth-order valence-corrected chi connectivity index (χ4v) is 0.581. The van der Waals surface area contributed by atoms with Crippen LogP contribution >= 0.6 is 0 Å². The third-order valence-electron chi connectivity index (χ3n) is 1.03. The van der Waals surface area contributed by atoms with Gasteiger partial charge in [0.15, 0.2) is 0 Å². The Morgan fingerprint density at radius 2 is 2.27 bits per heavy atom. The molecule has 0 fully saturated rings. The molecule has 1 aromatic rings. The predicted octanol–water partition coefficient (Wildman–Crippen LogP) is 2.12. The molecule has 0 unspecified atom stereocenters. The van der Waals surface area contributed by atoms with Crippen LogP contribution in [0.25, 0.3) is 0 Å². The molecule has 1 aliphatic carbocycles. The Morgan fingerprint density at radius 3 is 2.45 bits per heavy atom. The summed E-state index contributed by atoms with van der Waals surface area (Å²) in [7, 11) is 0. The second kappa shape index (κ2) is 7.49. The standard InChI is InChI=1S/C5H5.C4H4N.Ru/c2*1-2-4-5-3-1;/h1-3H,4H2;1-3,5H;/q2*-1;+2. The molecule has 0 radical (unpaired) electrons. The van der Waals surface area contributed by atoms with E-state index >= 15 is 0 Å². The summed E-state index contributed by atoms with van der Waals surface area (Å²) in [6, 6.07) is 3.71. The topological polar surface area (TPSA) is 15.8 Å². The van der Waals surface area contributed by atoms with Crippen molar-refractivity contribution in [1.82, 2.24) is 4.98 Å². The molecule has 2 heteroatoms. The molecule has 0 saturated heterocycles. The van der Waals surface area contributed by atoms with Gasteiger partial charge in [0.2, 0.25) is 0 Å². The van der Waals surface area contributed by atoms with Crippen LogP contribution in [0.4, 0.5) is 0 Å². The molecule has 0 saturated carbocycles. The molecule has 58 valence electrons. The Kier molecular flexibility index (Phi) is 7.07. The zero-order valence-corrected chi connectivity index (χ0v) is 7.76. The van der Waals surface area contributed by atoms with Crippen molar-refractivity contribution in [3.8, 4) is 0 Å². The Labute approximate surface area is 80.0 Å². The van der Waals surface area contributed by atoms with Crippen LogP contribution in [0.2, 0.25) is 0 Å². The van der Waals surface area contributed by atoms with Gasteiger partial charge in [-0.25, -0.2) is 12.2 Å². The van der Waals surface area contributed by atoms with E-state index in [9.17, 15) is 0 Å². The minimum Gasteiger partial charge on any atom is -0.484 e. The summed E-state index contributed by atoms with van der Waals surface area (Å²) in [5, 5.41) is 0. The second-order valence-corrected chi connectivity index (χ2v) is 1.82. The first-order valence-corrected chi connectivity index (χ1v) is 3.21. The van der Waals surface area contributed by atoms with Gasteiger partial charge in [0.1, 0.15) is 0 Å². The second-order valence-electron chi connectivity index (χ2n) is 1.82. The summed E-state index contributed by atoms with van der Waals surface area (Å²) in [5.41, 5.74) is 0. The Hall–Kier alpha value is -0.617. The maximum absolute atomic E-state index is 2.99. The fourth-order valence-electron chi connectivity index (χ4n) is 0.581. The van der Waals surface area contributed by atoms with Crippen molar-refractivity contribution in [2.75, 3.05) is 0 Å². The van der Waals surface area contributed by atoms with Crippen molar-refractivity contribution in [2.45, 2.75) is 6.42 Å². The van der Waals surface area contributed by atoms with E-state index in [0.717, 1.165) is 6.42 Å². The Bertz CT molecular complexity index is 172. The van der Waals surface area contributed by atoms with Crippen molar-refractivity contribution in [3.05, 3.63) is 48.8 Å². The van der Waals surface area contributed by atoms with Gasteiger partial charge in [-0.3, -0.25) is 6.08 Å². The first kappa shape index (κ1) is 10.4. The quantitative estimate of drug-likeness (QED) is 0.521. The molecule has 1 heterocycles. The zero-order chi connectivity index (χ0) is 7.07. The van der Waals surface area contributed by atoms with Gasteiger partial charge in [0.05, 0.1) is 0 Å². The summed E-state index contributed by atoms with van der Waals surface area (Å²) in [4.78, 5) is 2.74. The third kappa shape index (κ3) is 5.81. The average molecular weight is 232 g/mol. The fraction of sp³-hybridized carbons (Fsp3) is 0.111. The molecule has 11 heavy (non-hydrogen) atoms. The van der Waals surface area contributed by atoms with Gasteiger partial charge in [-0.05, 0) is 0 Å². The third-order valence-corrected chi connectivity index (χ3v) is 1.03. The molecule has 0 aromatic carbocycles. The molecule has 0 bridgehead atoms. The van der Waals surface area contributed by atoms with E-state index in [1.165, 1.54) is 0 Å². The van der Waals surface area contributed by atoms with Gasteiger partial charge in [-0.2, -0.15) is 24.4 Å². The van der Waals surface area contributed by atoms with Crippen molar-refractivity contribution >= 4 is 0 Å². The minimum atomic E-state index is 0. The molecular weight excluding hydrogens is 223 g/mol. The molecule has 1 N–H and O–H groups in total. The van der Waals surface area contributed by atoms with E-state index in [0.29, 0.717) is 0 Å². The molecule has 1 aliphatic rings. The molecule has 0 aliphatic heterocycles. The summed E-state index contributed by atoms with van der Waals surface area (Å²) >= 11 is 0. The van der Waals surface area contributed by atoms with E-state index < -0.39 is 0 Å². The van der Waals surface area contributed by atoms with Gasteiger partial charge in [0, 0.05) is 0 Å². The number of nitrogens with one attached hydrogen (secondary N) is 1. The normalized spacial score (nSPS) is 11.6. The van der Waals surface area contributed by atoms with Crippen molar-refractivity contribution in [3.63, 3.8) is 0 Å². The van der Waals surface area contributed by atoms with Crippen LogP contribution in [0.15, 0.2) is 36.6 Å². The minimum absolute atomic E-state index is 0. The predicted molar refractivity (Wildman–Crippen MR) is 41.2 cm³/mol. The number of rotatable bonds is 0. The maximum atomic E-state index is 2.99. The number of hydrogen-bond acceptors (Lipinski definition) is 0. The smallest absolute Gasteiger partial charge is 0.484 e. The van der Waals surface area contributed by atoms with Gasteiger partial charge in [-0.15, -0.1) is 12.6 Å². The van der Waals surface area contributed by atoms with Crippen molar-refractivity contribution in [1.29, 1.82) is 0 Å². The number of hydrogen-bond donors (Lipinski definition) is 1. The first-order valence-electron chi connectivity index (χ1n) is 3.21. The number of allylic oxidation sites excluding steroid dienone is 4. The Balaban J connectivity index is 0.000000167. The van der Waals surface area contributed by atoms with E-state index in [-0.39, 0.29) is 19.5 Å². The molecule has 1 nitrogen and oxygen atoms in total. The van der Waals surface area contributed by atoms with Crippen LogP contribution in [0, 0.1) is 12.3 Å². The zero-order valence-electron chi connectivity index (χ0n) is 6.02. The van der Waals surface area contributed by atoms with Gasteiger partial charge < -0.3 is 4.98 Å². The van der Waals surface area contributed by atoms with Gasteiger partial charge in [0.25, 0.3) is 0 Å². The molecule has 0 spiro atoms. The van der Waals surface area contributed by atoms with Crippen LogP contribution in [0.5, 0.6) is 0 Å². The van der Waals surface area contributed by atoms with E-state index in [2.05, 4.69) is 23.3 Å². The number of aromatic amines is 1. The average Bonchev–Trinajstić information content (AvgIpc) is 2.67. The summed E-state index contributed by atoms with van der Waals surface area (Å²) in [6.07, 6.45) is 14.6. The maximum Gasteiger partial charge on any atom is 2.00 e. The summed E-state index contributed by atoms with van der Waals surface area (Å²) in [6.45, 7) is 0. The van der Waals surface area contributed by atoms with Crippen LogP contribution in [0.1, 0.15) is 6.42 Å². The molecule has 2 rings (SSSR count). The number of H-pyrrole nitrogens is 1. The first-order chi connectivity index (χ1) is 5.00. The van der Waals surface area contributed by atoms with Crippen LogP contribution in [-0.2, 0) is 19.5 Å². The summed E-state index contributed by atoms with van der Waals surface area (Å²) < 4.78 is 0. The SMILES string of the molecule is [C-]1=CC=CC1.[Ru+2].[c-]1ccc[nH]1. The van der Waals surface area contributed by atoms with Gasteiger partial charge in [-0.1, -0.05) is 0 Å².